The number of benzene rings is 2. The fraction of sp³-hybridized carbons (Fsp3) is 0.286. The number of rotatable bonds is 4. The third-order valence-corrected chi connectivity index (χ3v) is 5.20. The summed E-state index contributed by atoms with van der Waals surface area (Å²) in [7, 11) is 1.70. The summed E-state index contributed by atoms with van der Waals surface area (Å²) in [5.74, 6) is 0. The Balaban J connectivity index is 1.72. The van der Waals surface area contributed by atoms with Crippen LogP contribution in [0.3, 0.4) is 0 Å². The van der Waals surface area contributed by atoms with Crippen LogP contribution in [0, 0.1) is 0 Å². The number of hydrogen-bond donors (Lipinski definition) is 1. The number of pyridine rings is 1. The Morgan fingerprint density at radius 2 is 1.81 bits per heavy atom. The summed E-state index contributed by atoms with van der Waals surface area (Å²) in [6.07, 6.45) is 1.78. The average Bonchev–Trinajstić information content (AvgIpc) is 2.98. The molecule has 0 aliphatic carbocycles. The zero-order chi connectivity index (χ0) is 18.5. The van der Waals surface area contributed by atoms with Gasteiger partial charge in [0.25, 0.3) is 0 Å². The largest absolute Gasteiger partial charge is 0.454 e. The standard InChI is InChI=1S/C21H21BNO3/c1-20(2,24)21(3,4)26-22-14-8-10-15-13(12-14)7-9-16-18-17(25-19(15)16)6-5-11-23-18/h5-12,24H,1-4H3. The van der Waals surface area contributed by atoms with Crippen LogP contribution in [-0.4, -0.2) is 28.8 Å². The SMILES string of the molecule is CC(C)(O)C(C)(C)O[B]c1ccc2c(ccc3c4ncccc4oc23)c1. The zero-order valence-corrected chi connectivity index (χ0v) is 15.4. The van der Waals surface area contributed by atoms with E-state index in [0.717, 1.165) is 38.3 Å². The molecule has 0 unspecified atom stereocenters. The maximum Gasteiger partial charge on any atom is 0.330 e. The minimum atomic E-state index is -0.951. The van der Waals surface area contributed by atoms with Crippen molar-refractivity contribution < 1.29 is 14.2 Å². The fourth-order valence-electron chi connectivity index (χ4n) is 2.83. The third-order valence-electron chi connectivity index (χ3n) is 5.20. The molecule has 1 N–H and O–H groups in total. The smallest absolute Gasteiger partial charge is 0.330 e. The number of aliphatic hydroxyl groups is 1. The van der Waals surface area contributed by atoms with Gasteiger partial charge in [-0.1, -0.05) is 29.7 Å². The van der Waals surface area contributed by atoms with E-state index < -0.39 is 11.2 Å². The summed E-state index contributed by atoms with van der Waals surface area (Å²) in [6, 6.07) is 14.0. The number of aromatic nitrogens is 1. The Labute approximate surface area is 153 Å². The molecule has 26 heavy (non-hydrogen) atoms. The molecule has 0 spiro atoms. The van der Waals surface area contributed by atoms with E-state index in [1.807, 2.05) is 44.2 Å². The Bertz CT molecular complexity index is 1110. The highest BCUT2D eigenvalue weighted by Crippen LogP contribution is 2.32. The van der Waals surface area contributed by atoms with E-state index in [1.165, 1.54) is 0 Å². The van der Waals surface area contributed by atoms with E-state index in [1.54, 1.807) is 27.5 Å². The van der Waals surface area contributed by atoms with Gasteiger partial charge in [0, 0.05) is 17.0 Å². The topological polar surface area (TPSA) is 55.5 Å². The Morgan fingerprint density at radius 1 is 1.04 bits per heavy atom. The molecule has 0 amide bonds. The van der Waals surface area contributed by atoms with Crippen LogP contribution in [0.4, 0.5) is 0 Å². The Hall–Kier alpha value is -2.37. The molecule has 131 valence electrons. The Kier molecular flexibility index (Phi) is 3.83. The van der Waals surface area contributed by atoms with Crippen molar-refractivity contribution in [3.8, 4) is 0 Å². The predicted molar refractivity (Wildman–Crippen MR) is 106 cm³/mol. The van der Waals surface area contributed by atoms with Crippen molar-refractivity contribution in [1.29, 1.82) is 0 Å². The lowest BCUT2D eigenvalue weighted by Gasteiger charge is -2.37. The van der Waals surface area contributed by atoms with Crippen molar-refractivity contribution in [1.82, 2.24) is 4.98 Å². The van der Waals surface area contributed by atoms with Crippen molar-refractivity contribution in [2.24, 2.45) is 0 Å². The molecule has 0 aliphatic heterocycles. The van der Waals surface area contributed by atoms with Crippen LogP contribution >= 0.6 is 0 Å². The molecule has 5 heteroatoms. The highest BCUT2D eigenvalue weighted by Gasteiger charge is 2.35. The summed E-state index contributed by atoms with van der Waals surface area (Å²) >= 11 is 0. The van der Waals surface area contributed by atoms with Gasteiger partial charge in [-0.25, -0.2) is 0 Å². The first-order chi connectivity index (χ1) is 12.3. The van der Waals surface area contributed by atoms with Crippen molar-refractivity contribution in [2.45, 2.75) is 38.9 Å². The summed E-state index contributed by atoms with van der Waals surface area (Å²) in [6.45, 7) is 7.23. The molecule has 2 heterocycles. The summed E-state index contributed by atoms with van der Waals surface area (Å²) in [5.41, 5.74) is 1.81. The third kappa shape index (κ3) is 2.77. The highest BCUT2D eigenvalue weighted by atomic mass is 16.5. The van der Waals surface area contributed by atoms with E-state index >= 15 is 0 Å². The van der Waals surface area contributed by atoms with Gasteiger partial charge >= 0.3 is 7.48 Å². The lowest BCUT2D eigenvalue weighted by Crippen LogP contribution is -2.49. The van der Waals surface area contributed by atoms with Gasteiger partial charge in [0.2, 0.25) is 0 Å². The average molecular weight is 346 g/mol. The molecule has 0 fully saturated rings. The van der Waals surface area contributed by atoms with Gasteiger partial charge in [-0.3, -0.25) is 4.98 Å². The first-order valence-electron chi connectivity index (χ1n) is 8.70. The molecule has 0 aliphatic rings. The van der Waals surface area contributed by atoms with E-state index in [2.05, 4.69) is 17.1 Å². The van der Waals surface area contributed by atoms with E-state index in [-0.39, 0.29) is 0 Å². The molecule has 0 saturated carbocycles. The van der Waals surface area contributed by atoms with Crippen molar-refractivity contribution in [3.63, 3.8) is 0 Å². The van der Waals surface area contributed by atoms with E-state index in [4.69, 9.17) is 9.07 Å². The van der Waals surface area contributed by atoms with Crippen LogP contribution in [0.2, 0.25) is 0 Å². The Morgan fingerprint density at radius 3 is 2.58 bits per heavy atom. The molecule has 1 radical (unpaired) electrons. The molecule has 0 bridgehead atoms. The second kappa shape index (κ2) is 5.83. The van der Waals surface area contributed by atoms with Crippen LogP contribution in [0.5, 0.6) is 0 Å². The molecule has 0 atom stereocenters. The van der Waals surface area contributed by atoms with Crippen molar-refractivity contribution in [3.05, 3.63) is 48.7 Å². The highest BCUT2D eigenvalue weighted by molar-refractivity contribution is 6.47. The first kappa shape index (κ1) is 17.1. The molecular formula is C21H21BNO3. The van der Waals surface area contributed by atoms with Crippen molar-refractivity contribution in [2.75, 3.05) is 0 Å². The maximum absolute atomic E-state index is 10.2. The quantitative estimate of drug-likeness (QED) is 0.569. The predicted octanol–water partition coefficient (Wildman–Crippen LogP) is 3.94. The first-order valence-corrected chi connectivity index (χ1v) is 8.70. The monoisotopic (exact) mass is 346 g/mol. The zero-order valence-electron chi connectivity index (χ0n) is 15.4. The van der Waals surface area contributed by atoms with Gasteiger partial charge in [-0.15, -0.1) is 0 Å². The fourth-order valence-corrected chi connectivity index (χ4v) is 2.83. The minimum absolute atomic E-state index is 0.698. The van der Waals surface area contributed by atoms with Crippen LogP contribution in [-0.2, 0) is 4.65 Å². The summed E-state index contributed by atoms with van der Waals surface area (Å²) in [4.78, 5) is 4.43. The molecule has 4 rings (SSSR count). The van der Waals surface area contributed by atoms with Crippen LogP contribution in [0.1, 0.15) is 27.7 Å². The summed E-state index contributed by atoms with van der Waals surface area (Å²) < 4.78 is 11.9. The van der Waals surface area contributed by atoms with Gasteiger partial charge in [0.1, 0.15) is 11.1 Å². The number of fused-ring (bicyclic) bond motifs is 5. The van der Waals surface area contributed by atoms with Crippen molar-refractivity contribution >= 4 is 45.8 Å². The maximum atomic E-state index is 10.2. The van der Waals surface area contributed by atoms with Gasteiger partial charge in [0.05, 0.1) is 11.2 Å². The van der Waals surface area contributed by atoms with Gasteiger partial charge in [-0.05, 0) is 51.3 Å². The molecule has 0 saturated heterocycles. The second-order valence-corrected chi connectivity index (χ2v) is 7.68. The molecule has 2 aromatic heterocycles. The number of hydrogen-bond acceptors (Lipinski definition) is 4. The lowest BCUT2D eigenvalue weighted by molar-refractivity contribution is -0.0893. The number of furan rings is 1. The van der Waals surface area contributed by atoms with Crippen LogP contribution in [0.15, 0.2) is 53.1 Å². The van der Waals surface area contributed by atoms with Gasteiger partial charge in [0.15, 0.2) is 5.58 Å². The van der Waals surface area contributed by atoms with E-state index in [0.29, 0.717) is 0 Å². The van der Waals surface area contributed by atoms with Gasteiger partial charge < -0.3 is 14.2 Å². The van der Waals surface area contributed by atoms with Crippen LogP contribution < -0.4 is 5.46 Å². The lowest BCUT2D eigenvalue weighted by atomic mass is 9.82. The minimum Gasteiger partial charge on any atom is -0.454 e. The molecule has 4 aromatic rings. The molecule has 4 nitrogen and oxygen atoms in total. The molecule has 2 aromatic carbocycles. The van der Waals surface area contributed by atoms with Gasteiger partial charge in [-0.2, -0.15) is 0 Å². The second-order valence-electron chi connectivity index (χ2n) is 7.68. The molecular weight excluding hydrogens is 325 g/mol. The normalized spacial score (nSPS) is 13.0. The van der Waals surface area contributed by atoms with Crippen LogP contribution in [0.25, 0.3) is 32.8 Å². The number of nitrogens with zero attached hydrogens (tertiary/aromatic N) is 1. The van der Waals surface area contributed by atoms with E-state index in [9.17, 15) is 5.11 Å². The summed E-state index contributed by atoms with van der Waals surface area (Å²) in [5, 5.41) is 13.3.